The Labute approximate surface area is 171 Å². The monoisotopic (exact) mass is 454 g/mol. The predicted molar refractivity (Wildman–Crippen MR) is 103 cm³/mol. The molecule has 0 unspecified atom stereocenters. The first-order chi connectivity index (χ1) is 14.1. The van der Waals surface area contributed by atoms with E-state index in [1.807, 2.05) is 0 Å². The van der Waals surface area contributed by atoms with E-state index in [1.54, 1.807) is 0 Å². The predicted octanol–water partition coefficient (Wildman–Crippen LogP) is 2.82. The summed E-state index contributed by atoms with van der Waals surface area (Å²) < 4.78 is 71.7. The van der Waals surface area contributed by atoms with Gasteiger partial charge in [-0.3, -0.25) is 10.1 Å². The van der Waals surface area contributed by atoms with Crippen molar-refractivity contribution in [3.8, 4) is 0 Å². The third-order valence-electron chi connectivity index (χ3n) is 4.19. The molecule has 158 valence electrons. The minimum atomic E-state index is -4.18. The molecule has 0 saturated carbocycles. The molecule has 0 aliphatic rings. The summed E-state index contributed by atoms with van der Waals surface area (Å²) in [4.78, 5) is 9.56. The molecule has 9 nitrogen and oxygen atoms in total. The number of hydrogen-bond donors (Lipinski definition) is 1. The van der Waals surface area contributed by atoms with Gasteiger partial charge in [-0.1, -0.05) is 0 Å². The van der Waals surface area contributed by atoms with Gasteiger partial charge in [-0.25, -0.2) is 25.9 Å². The van der Waals surface area contributed by atoms with E-state index in [1.165, 1.54) is 18.4 Å². The second kappa shape index (κ2) is 8.34. The second-order valence-corrected chi connectivity index (χ2v) is 10.0. The number of furan rings is 1. The molecule has 30 heavy (non-hydrogen) atoms. The maximum Gasteiger partial charge on any atom is 0.269 e. The van der Waals surface area contributed by atoms with E-state index >= 15 is 0 Å². The van der Waals surface area contributed by atoms with Gasteiger partial charge in [-0.05, 0) is 48.5 Å². The van der Waals surface area contributed by atoms with Crippen molar-refractivity contribution in [3.63, 3.8) is 0 Å². The molecule has 0 fully saturated rings. The van der Waals surface area contributed by atoms with Crippen molar-refractivity contribution in [3.05, 3.63) is 88.6 Å². The number of nitrogens with zero attached hydrogens (tertiary/aromatic N) is 1. The quantitative estimate of drug-likeness (QED) is 0.314. The number of sulfonamides is 1. The lowest BCUT2D eigenvalue weighted by Crippen LogP contribution is -2.31. The first-order valence-corrected chi connectivity index (χ1v) is 11.4. The van der Waals surface area contributed by atoms with Gasteiger partial charge < -0.3 is 4.42 Å². The van der Waals surface area contributed by atoms with Crippen molar-refractivity contribution in [1.29, 1.82) is 0 Å². The molecule has 0 radical (unpaired) electrons. The van der Waals surface area contributed by atoms with Crippen LogP contribution in [0.25, 0.3) is 0 Å². The molecule has 0 saturated heterocycles. The number of hydrogen-bond acceptors (Lipinski definition) is 7. The van der Waals surface area contributed by atoms with Crippen LogP contribution in [0.3, 0.4) is 0 Å². The van der Waals surface area contributed by atoms with E-state index in [0.29, 0.717) is 0 Å². The standard InChI is InChI=1S/C18H15FN2O7S2/c19-13-3-7-15(8-4-13)29(24,25)18(17-2-1-11-28-17)12-20-30(26,27)16-9-5-14(6-10-16)21(22)23/h1-11,18,20H,12H2/t18-/m1/s1. The highest BCUT2D eigenvalue weighted by Crippen LogP contribution is 2.29. The van der Waals surface area contributed by atoms with Crippen LogP contribution in [0.15, 0.2) is 81.1 Å². The Morgan fingerprint density at radius 2 is 1.57 bits per heavy atom. The van der Waals surface area contributed by atoms with Crippen molar-refractivity contribution in [2.75, 3.05) is 6.54 Å². The minimum Gasteiger partial charge on any atom is -0.468 e. The van der Waals surface area contributed by atoms with Crippen molar-refractivity contribution < 1.29 is 30.6 Å². The summed E-state index contributed by atoms with van der Waals surface area (Å²) in [6, 6.07) is 11.1. The average molecular weight is 454 g/mol. The molecule has 0 spiro atoms. The molecular formula is C18H15FN2O7S2. The minimum absolute atomic E-state index is 0.00859. The lowest BCUT2D eigenvalue weighted by atomic mass is 10.3. The SMILES string of the molecule is O=[N+]([O-])c1ccc(S(=O)(=O)NC[C@H](c2ccco2)S(=O)(=O)c2ccc(F)cc2)cc1. The number of non-ortho nitro benzene ring substituents is 1. The second-order valence-electron chi connectivity index (χ2n) is 6.11. The van der Waals surface area contributed by atoms with Gasteiger partial charge in [0.2, 0.25) is 10.0 Å². The van der Waals surface area contributed by atoms with Gasteiger partial charge in [0.1, 0.15) is 16.8 Å². The smallest absolute Gasteiger partial charge is 0.269 e. The summed E-state index contributed by atoms with van der Waals surface area (Å²) in [5, 5.41) is 9.29. The molecule has 2 aromatic carbocycles. The van der Waals surface area contributed by atoms with Crippen LogP contribution in [0.5, 0.6) is 0 Å². The Morgan fingerprint density at radius 1 is 0.967 bits per heavy atom. The van der Waals surface area contributed by atoms with E-state index in [0.717, 1.165) is 48.5 Å². The van der Waals surface area contributed by atoms with Gasteiger partial charge in [0.25, 0.3) is 5.69 Å². The molecule has 0 aliphatic carbocycles. The highest BCUT2D eigenvalue weighted by Gasteiger charge is 2.33. The van der Waals surface area contributed by atoms with Crippen LogP contribution in [0.1, 0.15) is 11.0 Å². The summed E-state index contributed by atoms with van der Waals surface area (Å²) in [5.74, 6) is -0.631. The molecule has 0 amide bonds. The molecule has 1 heterocycles. The van der Waals surface area contributed by atoms with Crippen LogP contribution in [0, 0.1) is 15.9 Å². The number of sulfone groups is 1. The maximum absolute atomic E-state index is 13.2. The summed E-state index contributed by atoms with van der Waals surface area (Å²) in [6.07, 6.45) is 1.24. The summed E-state index contributed by atoms with van der Waals surface area (Å²) >= 11 is 0. The van der Waals surface area contributed by atoms with Crippen molar-refractivity contribution in [1.82, 2.24) is 4.72 Å². The fourth-order valence-corrected chi connectivity index (χ4v) is 5.38. The fourth-order valence-electron chi connectivity index (χ4n) is 2.64. The van der Waals surface area contributed by atoms with E-state index < -0.39 is 42.4 Å². The van der Waals surface area contributed by atoms with E-state index in [9.17, 15) is 31.3 Å². The van der Waals surface area contributed by atoms with Crippen molar-refractivity contribution >= 4 is 25.5 Å². The number of nitro groups is 1. The van der Waals surface area contributed by atoms with Crippen LogP contribution in [-0.2, 0) is 19.9 Å². The molecule has 12 heteroatoms. The van der Waals surface area contributed by atoms with Gasteiger partial charge >= 0.3 is 0 Å². The molecule has 3 rings (SSSR count). The van der Waals surface area contributed by atoms with Crippen LogP contribution < -0.4 is 4.72 Å². The molecule has 1 atom stereocenters. The zero-order valence-corrected chi connectivity index (χ0v) is 16.8. The Hall–Kier alpha value is -3.09. The Kier molecular flexibility index (Phi) is 6.01. The van der Waals surface area contributed by atoms with Crippen LogP contribution in [0.4, 0.5) is 10.1 Å². The van der Waals surface area contributed by atoms with Gasteiger partial charge in [0.05, 0.1) is 21.0 Å². The average Bonchev–Trinajstić information content (AvgIpc) is 3.22. The summed E-state index contributed by atoms with van der Waals surface area (Å²) in [6.45, 7) is -0.577. The highest BCUT2D eigenvalue weighted by molar-refractivity contribution is 7.92. The summed E-state index contributed by atoms with van der Waals surface area (Å²) in [5.41, 5.74) is -0.290. The zero-order valence-electron chi connectivity index (χ0n) is 15.1. The molecule has 1 N–H and O–H groups in total. The van der Waals surface area contributed by atoms with Crippen molar-refractivity contribution in [2.24, 2.45) is 0 Å². The van der Waals surface area contributed by atoms with Gasteiger partial charge in [-0.2, -0.15) is 0 Å². The maximum atomic E-state index is 13.2. The zero-order chi connectivity index (χ0) is 21.9. The number of halogens is 1. The van der Waals surface area contributed by atoms with Crippen molar-refractivity contribution in [2.45, 2.75) is 15.0 Å². The Balaban J connectivity index is 1.89. The van der Waals surface area contributed by atoms with Gasteiger partial charge in [-0.15, -0.1) is 0 Å². The summed E-state index contributed by atoms with van der Waals surface area (Å²) in [7, 11) is -8.32. The first kappa shape index (κ1) is 21.6. The molecule has 3 aromatic rings. The lowest BCUT2D eigenvalue weighted by Gasteiger charge is -2.17. The normalized spacial score (nSPS) is 13.1. The molecule has 0 bridgehead atoms. The Bertz CT molecular complexity index is 1240. The fraction of sp³-hybridized carbons (Fsp3) is 0.111. The molecular weight excluding hydrogens is 439 g/mol. The number of rotatable bonds is 8. The van der Waals surface area contributed by atoms with Gasteiger partial charge in [0.15, 0.2) is 9.84 Å². The number of benzene rings is 2. The van der Waals surface area contributed by atoms with E-state index in [2.05, 4.69) is 4.72 Å². The third kappa shape index (κ3) is 4.56. The number of nitro benzene ring substituents is 1. The number of nitrogens with one attached hydrogen (secondary N) is 1. The van der Waals surface area contributed by atoms with E-state index in [4.69, 9.17) is 4.42 Å². The largest absolute Gasteiger partial charge is 0.468 e. The van der Waals surface area contributed by atoms with Crippen LogP contribution >= 0.6 is 0 Å². The topological polar surface area (TPSA) is 137 Å². The molecule has 0 aliphatic heterocycles. The third-order valence-corrected chi connectivity index (χ3v) is 7.71. The molecule has 1 aromatic heterocycles. The van der Waals surface area contributed by atoms with Crippen LogP contribution in [0.2, 0.25) is 0 Å². The lowest BCUT2D eigenvalue weighted by molar-refractivity contribution is -0.384. The first-order valence-electron chi connectivity index (χ1n) is 8.38. The van der Waals surface area contributed by atoms with Crippen LogP contribution in [-0.4, -0.2) is 28.3 Å². The van der Waals surface area contributed by atoms with E-state index in [-0.39, 0.29) is 21.2 Å². The Morgan fingerprint density at radius 3 is 2.10 bits per heavy atom. The highest BCUT2D eigenvalue weighted by atomic mass is 32.2. The van der Waals surface area contributed by atoms with Gasteiger partial charge in [0, 0.05) is 18.7 Å².